The first-order chi connectivity index (χ1) is 14.8. The highest BCUT2D eigenvalue weighted by molar-refractivity contribution is 6.31. The van der Waals surface area contributed by atoms with Gasteiger partial charge in [0.25, 0.3) is 0 Å². The van der Waals surface area contributed by atoms with Gasteiger partial charge >= 0.3 is 0 Å². The molecule has 2 aromatic carbocycles. The van der Waals surface area contributed by atoms with Crippen molar-refractivity contribution in [3.63, 3.8) is 0 Å². The molecule has 2 heterocycles. The Morgan fingerprint density at radius 1 is 1.06 bits per heavy atom. The van der Waals surface area contributed by atoms with E-state index in [-0.39, 0.29) is 30.1 Å². The van der Waals surface area contributed by atoms with Gasteiger partial charge in [0.2, 0.25) is 0 Å². The molecule has 2 aromatic rings. The van der Waals surface area contributed by atoms with Gasteiger partial charge in [-0.2, -0.15) is 0 Å². The highest BCUT2D eigenvalue weighted by atomic mass is 16.5. The third-order valence-corrected chi connectivity index (χ3v) is 5.58. The summed E-state index contributed by atoms with van der Waals surface area (Å²) in [4.78, 5) is 13.5. The summed E-state index contributed by atoms with van der Waals surface area (Å²) in [5.41, 5.74) is 1.67. The monoisotopic (exact) mass is 424 g/mol. The van der Waals surface area contributed by atoms with E-state index in [1.165, 1.54) is 6.07 Å². The number of phenols is 1. The molecule has 0 aliphatic carbocycles. The molecule has 0 atom stereocenters. The third-order valence-electron chi connectivity index (χ3n) is 5.58. The maximum absolute atomic E-state index is 13.5. The molecule has 0 unspecified atom stereocenters. The number of carbonyl (C=O) groups excluding carboxylic acids is 1. The van der Waals surface area contributed by atoms with Crippen LogP contribution in [0, 0.1) is 0 Å². The number of aliphatic hydroxyl groups is 3. The molecule has 4 rings (SSSR count). The first-order valence-electron chi connectivity index (χ1n) is 9.93. The van der Waals surface area contributed by atoms with Gasteiger partial charge in [-0.25, -0.2) is 0 Å². The number of hydrogen-bond donors (Lipinski definition) is 4. The predicted octanol–water partition coefficient (Wildman–Crippen LogP) is 2.71. The minimum atomic E-state index is -0.520. The number of rotatable bonds is 5. The topological polar surface area (TPSA) is 116 Å². The van der Waals surface area contributed by atoms with Gasteiger partial charge in [-0.3, -0.25) is 4.79 Å². The molecule has 7 heteroatoms. The number of carbonyl (C=O) groups is 1. The smallest absolute Gasteiger partial charge is 0.197 e. The number of aromatic hydroxyl groups is 1. The second-order valence-electron chi connectivity index (χ2n) is 8.01. The van der Waals surface area contributed by atoms with E-state index in [2.05, 4.69) is 0 Å². The molecule has 0 bridgehead atoms. The SMILES string of the molecule is CC1(C)C=Cc2c(ccc(C(=O)C3=CCOc4cc(CO)c(CO)c(CO)c43)c2O)O1. The molecule has 2 aliphatic rings. The molecule has 0 saturated heterocycles. The zero-order valence-electron chi connectivity index (χ0n) is 17.3. The first kappa shape index (κ1) is 21.1. The van der Waals surface area contributed by atoms with Crippen molar-refractivity contribution in [1.29, 1.82) is 0 Å². The summed E-state index contributed by atoms with van der Waals surface area (Å²) < 4.78 is 11.5. The van der Waals surface area contributed by atoms with Crippen LogP contribution in [0.1, 0.15) is 52.0 Å². The van der Waals surface area contributed by atoms with Gasteiger partial charge in [-0.05, 0) is 67.0 Å². The van der Waals surface area contributed by atoms with Gasteiger partial charge in [0.05, 0.1) is 30.9 Å². The lowest BCUT2D eigenvalue weighted by Crippen LogP contribution is -2.27. The lowest BCUT2D eigenvalue weighted by Gasteiger charge is -2.29. The van der Waals surface area contributed by atoms with Gasteiger partial charge in [-0.15, -0.1) is 0 Å². The fourth-order valence-corrected chi connectivity index (χ4v) is 4.03. The van der Waals surface area contributed by atoms with Gasteiger partial charge in [0.15, 0.2) is 5.78 Å². The number of Topliss-reactive ketones (excluding diaryl/α,β-unsaturated/α-hetero) is 1. The van der Waals surface area contributed by atoms with Gasteiger partial charge in [0, 0.05) is 11.1 Å². The fourth-order valence-electron chi connectivity index (χ4n) is 4.03. The number of ketones is 1. The second-order valence-corrected chi connectivity index (χ2v) is 8.01. The Labute approximate surface area is 179 Å². The molecule has 0 saturated carbocycles. The summed E-state index contributed by atoms with van der Waals surface area (Å²) in [5.74, 6) is 0.175. The number of phenolic OH excluding ortho intramolecular Hbond substituents is 1. The summed E-state index contributed by atoms with van der Waals surface area (Å²) in [5, 5.41) is 40.2. The molecule has 7 nitrogen and oxygen atoms in total. The van der Waals surface area contributed by atoms with E-state index in [1.54, 1.807) is 30.4 Å². The quantitative estimate of drug-likeness (QED) is 0.545. The predicted molar refractivity (Wildman–Crippen MR) is 114 cm³/mol. The largest absolute Gasteiger partial charge is 0.506 e. The van der Waals surface area contributed by atoms with Crippen LogP contribution in [-0.4, -0.2) is 38.4 Å². The van der Waals surface area contributed by atoms with Crippen LogP contribution in [0.25, 0.3) is 11.6 Å². The summed E-state index contributed by atoms with van der Waals surface area (Å²) >= 11 is 0. The molecule has 0 radical (unpaired) electrons. The van der Waals surface area contributed by atoms with E-state index in [0.29, 0.717) is 39.3 Å². The van der Waals surface area contributed by atoms with Gasteiger partial charge < -0.3 is 29.9 Å². The zero-order valence-corrected chi connectivity index (χ0v) is 17.3. The minimum Gasteiger partial charge on any atom is -0.506 e. The van der Waals surface area contributed by atoms with E-state index < -0.39 is 24.6 Å². The van der Waals surface area contributed by atoms with E-state index >= 15 is 0 Å². The van der Waals surface area contributed by atoms with Crippen LogP contribution in [0.2, 0.25) is 0 Å². The minimum absolute atomic E-state index is 0.0893. The van der Waals surface area contributed by atoms with Crippen molar-refractivity contribution in [3.05, 3.63) is 63.7 Å². The van der Waals surface area contributed by atoms with Crippen molar-refractivity contribution >= 4 is 17.4 Å². The van der Waals surface area contributed by atoms with Crippen LogP contribution in [0.4, 0.5) is 0 Å². The Bertz CT molecular complexity index is 1130. The molecule has 0 aromatic heterocycles. The maximum atomic E-state index is 13.5. The lowest BCUT2D eigenvalue weighted by molar-refractivity contribution is 0.105. The summed E-state index contributed by atoms with van der Waals surface area (Å²) in [7, 11) is 0. The summed E-state index contributed by atoms with van der Waals surface area (Å²) in [6.07, 6.45) is 5.12. The van der Waals surface area contributed by atoms with E-state index in [0.717, 1.165) is 0 Å². The number of hydrogen-bond acceptors (Lipinski definition) is 7. The molecule has 0 spiro atoms. The van der Waals surface area contributed by atoms with Crippen molar-refractivity contribution in [2.24, 2.45) is 0 Å². The van der Waals surface area contributed by atoms with Crippen LogP contribution >= 0.6 is 0 Å². The number of fused-ring (bicyclic) bond motifs is 2. The molecule has 0 fully saturated rings. The lowest BCUT2D eigenvalue weighted by atomic mass is 9.86. The average Bonchev–Trinajstić information content (AvgIpc) is 2.76. The van der Waals surface area contributed by atoms with E-state index in [4.69, 9.17) is 9.47 Å². The Kier molecular flexibility index (Phi) is 5.35. The van der Waals surface area contributed by atoms with Gasteiger partial charge in [0.1, 0.15) is 29.5 Å². The second kappa shape index (κ2) is 7.85. The van der Waals surface area contributed by atoms with Crippen molar-refractivity contribution in [1.82, 2.24) is 0 Å². The molecular formula is C24H24O7. The molecule has 31 heavy (non-hydrogen) atoms. The Hall–Kier alpha value is -3.13. The molecule has 4 N–H and O–H groups in total. The van der Waals surface area contributed by atoms with E-state index in [9.17, 15) is 25.2 Å². The molecule has 0 amide bonds. The maximum Gasteiger partial charge on any atom is 0.197 e. The van der Waals surface area contributed by atoms with Crippen molar-refractivity contribution < 1.29 is 34.7 Å². The zero-order chi connectivity index (χ0) is 22.3. The standard InChI is InChI=1S/C24H24O7/c1-24(2)7-5-14-19(31-24)4-3-16(22(14)28)23(29)15-6-8-30-20-9-13(10-25)17(11-26)18(12-27)21(15)20/h3-7,9,25-28H,8,10-12H2,1-2H3. The Morgan fingerprint density at radius 3 is 2.48 bits per heavy atom. The summed E-state index contributed by atoms with van der Waals surface area (Å²) in [6.45, 7) is 2.68. The Balaban J connectivity index is 1.83. The Morgan fingerprint density at radius 2 is 1.81 bits per heavy atom. The van der Waals surface area contributed by atoms with Gasteiger partial charge in [-0.1, -0.05) is 0 Å². The highest BCUT2D eigenvalue weighted by Crippen LogP contribution is 2.42. The normalized spacial score (nSPS) is 16.0. The first-order valence-corrected chi connectivity index (χ1v) is 9.93. The van der Waals surface area contributed by atoms with Crippen LogP contribution in [0.3, 0.4) is 0 Å². The summed E-state index contributed by atoms with van der Waals surface area (Å²) in [6, 6.07) is 4.72. The van der Waals surface area contributed by atoms with Crippen molar-refractivity contribution in [2.75, 3.05) is 6.61 Å². The van der Waals surface area contributed by atoms with E-state index in [1.807, 2.05) is 13.8 Å². The molecule has 162 valence electrons. The number of ether oxygens (including phenoxy) is 2. The van der Waals surface area contributed by atoms with Crippen molar-refractivity contribution in [3.8, 4) is 17.2 Å². The fraction of sp³-hybridized carbons (Fsp3) is 0.292. The molecular weight excluding hydrogens is 400 g/mol. The average molecular weight is 424 g/mol. The highest BCUT2D eigenvalue weighted by Gasteiger charge is 2.31. The number of aliphatic hydroxyl groups excluding tert-OH is 3. The van der Waals surface area contributed by atoms with Crippen LogP contribution < -0.4 is 9.47 Å². The number of allylic oxidation sites excluding steroid dienone is 1. The van der Waals surface area contributed by atoms with Crippen LogP contribution in [0.15, 0.2) is 30.4 Å². The van der Waals surface area contributed by atoms with Crippen LogP contribution in [0.5, 0.6) is 17.2 Å². The van der Waals surface area contributed by atoms with Crippen LogP contribution in [-0.2, 0) is 19.8 Å². The molecule has 2 aliphatic heterocycles. The number of benzene rings is 2. The third kappa shape index (κ3) is 3.50. The van der Waals surface area contributed by atoms with Crippen molar-refractivity contribution in [2.45, 2.75) is 39.3 Å².